The van der Waals surface area contributed by atoms with E-state index in [0.29, 0.717) is 16.4 Å². The molecule has 0 spiro atoms. The molecule has 7 heteroatoms. The fourth-order valence-corrected chi connectivity index (χ4v) is 3.24. The lowest BCUT2D eigenvalue weighted by Crippen LogP contribution is -2.01. The lowest BCUT2D eigenvalue weighted by atomic mass is 10.0. The van der Waals surface area contributed by atoms with Gasteiger partial charge in [0, 0.05) is 17.7 Å². The molecule has 1 heterocycles. The van der Waals surface area contributed by atoms with Gasteiger partial charge in [-0.05, 0) is 10.8 Å². The van der Waals surface area contributed by atoms with E-state index in [1.807, 2.05) is 42.5 Å². The second kappa shape index (κ2) is 6.27. The summed E-state index contributed by atoms with van der Waals surface area (Å²) in [6.07, 6.45) is 0. The number of nitrogens with zero attached hydrogens (tertiary/aromatic N) is 3. The van der Waals surface area contributed by atoms with E-state index in [4.69, 9.17) is 4.74 Å². The number of benzene rings is 3. The number of hydrogen-bond acceptors (Lipinski definition) is 6. The smallest absolute Gasteiger partial charge is 0.162 e. The molecular formula is C19H15N3O3S. The third kappa shape index (κ3) is 2.53. The van der Waals surface area contributed by atoms with Gasteiger partial charge in [-0.2, -0.15) is 0 Å². The zero-order chi connectivity index (χ0) is 18.3. The van der Waals surface area contributed by atoms with Gasteiger partial charge in [0.15, 0.2) is 11.5 Å². The number of aromatic hydroxyl groups is 2. The van der Waals surface area contributed by atoms with Gasteiger partial charge in [-0.1, -0.05) is 47.7 Å². The Kier molecular flexibility index (Phi) is 3.93. The Morgan fingerprint density at radius 1 is 1.00 bits per heavy atom. The summed E-state index contributed by atoms with van der Waals surface area (Å²) in [5, 5.41) is 30.9. The average Bonchev–Trinajstić information content (AvgIpc) is 3.02. The molecule has 130 valence electrons. The first-order valence-corrected chi connectivity index (χ1v) is 8.28. The van der Waals surface area contributed by atoms with Crippen molar-refractivity contribution in [1.29, 1.82) is 0 Å². The largest absolute Gasteiger partial charge is 0.506 e. The van der Waals surface area contributed by atoms with E-state index in [9.17, 15) is 10.2 Å². The Labute approximate surface area is 154 Å². The maximum Gasteiger partial charge on any atom is 0.162 e. The fourth-order valence-electron chi connectivity index (χ4n) is 2.99. The summed E-state index contributed by atoms with van der Waals surface area (Å²) in [4.78, 5) is 0. The number of methoxy groups -OCH3 is 1. The Morgan fingerprint density at radius 2 is 1.77 bits per heavy atom. The molecule has 3 aromatic carbocycles. The Balaban J connectivity index is 2.01. The standard InChI is InChI=1S/C19H15N3O3S/c1-25-17-9-14(15(23)10-16(17)24)22-18(19(26)20-21-22)13-8-4-6-11-5-2-3-7-12(11)13/h2-10,23-24,26H,1H3. The van der Waals surface area contributed by atoms with Gasteiger partial charge < -0.3 is 14.9 Å². The van der Waals surface area contributed by atoms with Crippen LogP contribution in [0.4, 0.5) is 0 Å². The number of fused-ring (bicyclic) bond motifs is 1. The second-order valence-corrected chi connectivity index (χ2v) is 6.14. The first-order valence-electron chi connectivity index (χ1n) is 7.83. The number of ether oxygens (including phenoxy) is 1. The van der Waals surface area contributed by atoms with Crippen LogP contribution >= 0.6 is 12.6 Å². The van der Waals surface area contributed by atoms with Crippen molar-refractivity contribution in [3.63, 3.8) is 0 Å². The Hall–Kier alpha value is -3.19. The number of hydrogen-bond donors (Lipinski definition) is 3. The minimum absolute atomic E-state index is 0.150. The summed E-state index contributed by atoms with van der Waals surface area (Å²) in [7, 11) is 1.44. The molecule has 4 aromatic rings. The van der Waals surface area contributed by atoms with Crippen molar-refractivity contribution in [2.45, 2.75) is 5.03 Å². The van der Waals surface area contributed by atoms with Gasteiger partial charge in [0.1, 0.15) is 22.2 Å². The Bertz CT molecular complexity index is 1120. The lowest BCUT2D eigenvalue weighted by molar-refractivity contribution is 0.369. The molecule has 0 atom stereocenters. The van der Waals surface area contributed by atoms with Crippen molar-refractivity contribution in [3.8, 4) is 34.2 Å². The molecule has 1 aromatic heterocycles. The summed E-state index contributed by atoms with van der Waals surface area (Å²) in [5.74, 6) is -0.0902. The molecule has 0 bridgehead atoms. The lowest BCUT2D eigenvalue weighted by Gasteiger charge is -2.13. The van der Waals surface area contributed by atoms with E-state index in [-0.39, 0.29) is 17.2 Å². The predicted molar refractivity (Wildman–Crippen MR) is 101 cm³/mol. The first kappa shape index (κ1) is 16.3. The number of thiol groups is 1. The van der Waals surface area contributed by atoms with Crippen LogP contribution in [0.15, 0.2) is 59.6 Å². The molecular weight excluding hydrogens is 350 g/mol. The van der Waals surface area contributed by atoms with Crippen LogP contribution in [-0.4, -0.2) is 32.3 Å². The van der Waals surface area contributed by atoms with Crippen molar-refractivity contribution in [1.82, 2.24) is 15.0 Å². The van der Waals surface area contributed by atoms with Gasteiger partial charge in [-0.15, -0.1) is 17.7 Å². The fraction of sp³-hybridized carbons (Fsp3) is 0.0526. The van der Waals surface area contributed by atoms with Crippen LogP contribution in [0.2, 0.25) is 0 Å². The van der Waals surface area contributed by atoms with Crippen molar-refractivity contribution in [3.05, 3.63) is 54.6 Å². The Morgan fingerprint density at radius 3 is 2.58 bits per heavy atom. The highest BCUT2D eigenvalue weighted by Gasteiger charge is 2.20. The normalized spacial score (nSPS) is 11.0. The molecule has 6 nitrogen and oxygen atoms in total. The first-order chi connectivity index (χ1) is 12.6. The van der Waals surface area contributed by atoms with Crippen molar-refractivity contribution < 1.29 is 14.9 Å². The summed E-state index contributed by atoms with van der Waals surface area (Å²) in [5.41, 5.74) is 1.84. The minimum Gasteiger partial charge on any atom is -0.506 e. The van der Waals surface area contributed by atoms with Crippen molar-refractivity contribution in [2.75, 3.05) is 7.11 Å². The summed E-state index contributed by atoms with van der Waals surface area (Å²) in [6.45, 7) is 0. The highest BCUT2D eigenvalue weighted by Crippen LogP contribution is 2.39. The van der Waals surface area contributed by atoms with Crippen molar-refractivity contribution in [2.24, 2.45) is 0 Å². The average molecular weight is 365 g/mol. The molecule has 0 fully saturated rings. The van der Waals surface area contributed by atoms with E-state index >= 15 is 0 Å². The molecule has 0 unspecified atom stereocenters. The van der Waals surface area contributed by atoms with E-state index in [0.717, 1.165) is 16.3 Å². The second-order valence-electron chi connectivity index (χ2n) is 5.71. The minimum atomic E-state index is -0.160. The van der Waals surface area contributed by atoms with Crippen LogP contribution in [-0.2, 0) is 0 Å². The molecule has 0 aliphatic heterocycles. The molecule has 26 heavy (non-hydrogen) atoms. The maximum absolute atomic E-state index is 10.3. The highest BCUT2D eigenvalue weighted by molar-refractivity contribution is 7.80. The SMILES string of the molecule is COc1cc(-n2nnc(S)c2-c2cccc3ccccc23)c(O)cc1O. The predicted octanol–water partition coefficient (Wildman–Crippen LogP) is 3.80. The molecule has 0 saturated heterocycles. The number of phenols is 2. The number of rotatable bonds is 3. The summed E-state index contributed by atoms with van der Waals surface area (Å²) < 4.78 is 6.63. The molecule has 0 aliphatic rings. The van der Waals surface area contributed by atoms with Crippen LogP contribution in [0.25, 0.3) is 27.7 Å². The highest BCUT2D eigenvalue weighted by atomic mass is 32.1. The van der Waals surface area contributed by atoms with Gasteiger partial charge in [0.2, 0.25) is 0 Å². The third-order valence-electron chi connectivity index (χ3n) is 4.20. The zero-order valence-corrected chi connectivity index (χ0v) is 14.7. The van der Waals surface area contributed by atoms with Crippen LogP contribution < -0.4 is 4.74 Å². The van der Waals surface area contributed by atoms with E-state index in [1.165, 1.54) is 23.9 Å². The van der Waals surface area contributed by atoms with E-state index < -0.39 is 0 Å². The summed E-state index contributed by atoms with van der Waals surface area (Å²) in [6, 6.07) is 16.6. The van der Waals surface area contributed by atoms with Gasteiger partial charge >= 0.3 is 0 Å². The van der Waals surface area contributed by atoms with Crippen LogP contribution in [0, 0.1) is 0 Å². The van der Waals surface area contributed by atoms with Crippen molar-refractivity contribution >= 4 is 23.4 Å². The molecule has 4 rings (SSSR count). The zero-order valence-electron chi connectivity index (χ0n) is 13.8. The van der Waals surface area contributed by atoms with Gasteiger partial charge in [-0.3, -0.25) is 0 Å². The third-order valence-corrected chi connectivity index (χ3v) is 4.50. The molecule has 0 aliphatic carbocycles. The quantitative estimate of drug-likeness (QED) is 0.481. The van der Waals surface area contributed by atoms with Crippen LogP contribution in [0.5, 0.6) is 17.2 Å². The molecule has 0 radical (unpaired) electrons. The van der Waals surface area contributed by atoms with Gasteiger partial charge in [0.25, 0.3) is 0 Å². The maximum atomic E-state index is 10.3. The topological polar surface area (TPSA) is 80.4 Å². The van der Waals surface area contributed by atoms with Gasteiger partial charge in [-0.25, -0.2) is 4.68 Å². The van der Waals surface area contributed by atoms with E-state index in [1.54, 1.807) is 0 Å². The monoisotopic (exact) mass is 365 g/mol. The van der Waals surface area contributed by atoms with Gasteiger partial charge in [0.05, 0.1) is 7.11 Å². The number of aromatic nitrogens is 3. The number of phenolic OH excluding ortho intramolecular Hbond substituents is 2. The molecule has 0 amide bonds. The molecule has 0 saturated carbocycles. The molecule has 2 N–H and O–H groups in total. The van der Waals surface area contributed by atoms with E-state index in [2.05, 4.69) is 22.9 Å². The van der Waals surface area contributed by atoms with Crippen LogP contribution in [0.1, 0.15) is 0 Å². The summed E-state index contributed by atoms with van der Waals surface area (Å²) >= 11 is 4.45. The van der Waals surface area contributed by atoms with Crippen LogP contribution in [0.3, 0.4) is 0 Å².